The summed E-state index contributed by atoms with van der Waals surface area (Å²) in [6.45, 7) is 5.01. The number of nitrogens with zero attached hydrogens (tertiary/aromatic N) is 3. The van der Waals surface area contributed by atoms with Crippen LogP contribution in [0.25, 0.3) is 0 Å². The maximum absolute atomic E-state index is 10.4. The van der Waals surface area contributed by atoms with E-state index in [1.54, 1.807) is 6.20 Å². The monoisotopic (exact) mass is 296 g/mol. The summed E-state index contributed by atoms with van der Waals surface area (Å²) in [4.78, 5) is 19.6. The van der Waals surface area contributed by atoms with Crippen LogP contribution in [0.5, 0.6) is 0 Å². The van der Waals surface area contributed by atoms with Gasteiger partial charge in [-0.15, -0.1) is 0 Å². The van der Waals surface area contributed by atoms with Crippen molar-refractivity contribution in [3.8, 4) is 0 Å². The van der Waals surface area contributed by atoms with Gasteiger partial charge in [0.05, 0.1) is 11.9 Å². The Hall–Kier alpha value is -2.40. The maximum Gasteiger partial charge on any atom is 0.211 e. The van der Waals surface area contributed by atoms with E-state index in [0.717, 1.165) is 44.2 Å². The molecule has 1 aromatic carbocycles. The van der Waals surface area contributed by atoms with Crippen LogP contribution in [0.1, 0.15) is 5.56 Å². The third-order valence-corrected chi connectivity index (χ3v) is 3.92. The van der Waals surface area contributed by atoms with Gasteiger partial charge in [0.2, 0.25) is 6.41 Å². The number of carbonyl (C=O) groups is 1. The number of benzene rings is 1. The lowest BCUT2D eigenvalue weighted by Crippen LogP contribution is -2.46. The first kappa shape index (κ1) is 14.5. The Kier molecular flexibility index (Phi) is 4.65. The molecule has 0 saturated carbocycles. The van der Waals surface area contributed by atoms with Crippen molar-refractivity contribution in [2.75, 3.05) is 36.4 Å². The number of aromatic nitrogens is 1. The van der Waals surface area contributed by atoms with Crippen LogP contribution in [-0.4, -0.2) is 42.5 Å². The normalized spacial score (nSPS) is 15.5. The van der Waals surface area contributed by atoms with Gasteiger partial charge in [0.1, 0.15) is 5.82 Å². The molecule has 1 amide bonds. The molecule has 1 aromatic heterocycles. The van der Waals surface area contributed by atoms with Gasteiger partial charge >= 0.3 is 0 Å². The van der Waals surface area contributed by atoms with Gasteiger partial charge in [-0.05, 0) is 17.7 Å². The molecule has 5 nitrogen and oxygen atoms in total. The van der Waals surface area contributed by atoms with E-state index < -0.39 is 0 Å². The van der Waals surface area contributed by atoms with E-state index in [1.807, 2.05) is 12.1 Å². The van der Waals surface area contributed by atoms with Crippen molar-refractivity contribution in [2.24, 2.45) is 0 Å². The summed E-state index contributed by atoms with van der Waals surface area (Å²) in [5, 5.41) is 2.60. The summed E-state index contributed by atoms with van der Waals surface area (Å²) < 4.78 is 0. The van der Waals surface area contributed by atoms with Crippen molar-refractivity contribution in [1.29, 1.82) is 0 Å². The van der Waals surface area contributed by atoms with E-state index in [-0.39, 0.29) is 0 Å². The summed E-state index contributed by atoms with van der Waals surface area (Å²) in [5.41, 5.74) is 2.08. The lowest BCUT2D eigenvalue weighted by Gasteiger charge is -2.35. The molecule has 1 aliphatic rings. The molecule has 1 saturated heterocycles. The van der Waals surface area contributed by atoms with Gasteiger partial charge in [-0.1, -0.05) is 30.3 Å². The van der Waals surface area contributed by atoms with Gasteiger partial charge < -0.3 is 10.2 Å². The third kappa shape index (κ3) is 3.62. The average molecular weight is 296 g/mol. The van der Waals surface area contributed by atoms with Crippen LogP contribution >= 0.6 is 0 Å². The zero-order valence-corrected chi connectivity index (χ0v) is 12.5. The molecule has 114 valence electrons. The number of hydrogen-bond donors (Lipinski definition) is 1. The first-order valence-electron chi connectivity index (χ1n) is 7.52. The molecule has 2 aromatic rings. The molecule has 0 atom stereocenters. The van der Waals surface area contributed by atoms with Crippen LogP contribution in [0, 0.1) is 0 Å². The van der Waals surface area contributed by atoms with E-state index in [2.05, 4.69) is 50.4 Å². The second-order valence-corrected chi connectivity index (χ2v) is 5.42. The van der Waals surface area contributed by atoms with Crippen molar-refractivity contribution in [3.63, 3.8) is 0 Å². The second-order valence-electron chi connectivity index (χ2n) is 5.42. The number of hydrogen-bond acceptors (Lipinski definition) is 4. The molecule has 5 heteroatoms. The lowest BCUT2D eigenvalue weighted by molar-refractivity contribution is -0.105. The first-order chi connectivity index (χ1) is 10.8. The molecule has 0 aliphatic carbocycles. The van der Waals surface area contributed by atoms with E-state index in [9.17, 15) is 4.79 Å². The van der Waals surface area contributed by atoms with Gasteiger partial charge in [-0.3, -0.25) is 9.69 Å². The quantitative estimate of drug-likeness (QED) is 0.857. The van der Waals surface area contributed by atoms with Gasteiger partial charge in [-0.2, -0.15) is 0 Å². The molecule has 1 aliphatic heterocycles. The molecule has 22 heavy (non-hydrogen) atoms. The number of amides is 1. The Balaban J connectivity index is 1.54. The van der Waals surface area contributed by atoms with Gasteiger partial charge in [-0.25, -0.2) is 4.98 Å². The molecule has 2 heterocycles. The fourth-order valence-corrected chi connectivity index (χ4v) is 2.70. The Morgan fingerprint density at radius 2 is 1.82 bits per heavy atom. The lowest BCUT2D eigenvalue weighted by atomic mass is 10.2. The largest absolute Gasteiger partial charge is 0.354 e. The standard InChI is InChI=1S/C17H20N4O/c22-14-19-16-6-7-17(18-12-16)21-10-8-20(9-11-21)13-15-4-2-1-3-5-15/h1-7,12,14H,8-11,13H2,(H,19,22). The molecule has 3 rings (SSSR count). The highest BCUT2D eigenvalue weighted by Gasteiger charge is 2.17. The molecule has 0 spiro atoms. The maximum atomic E-state index is 10.4. The minimum atomic E-state index is 0.666. The molecule has 0 unspecified atom stereocenters. The van der Waals surface area contributed by atoms with Gasteiger partial charge in [0, 0.05) is 32.7 Å². The average Bonchev–Trinajstić information content (AvgIpc) is 2.58. The molecular formula is C17H20N4O. The van der Waals surface area contributed by atoms with Crippen molar-refractivity contribution in [3.05, 3.63) is 54.2 Å². The van der Waals surface area contributed by atoms with Crippen LogP contribution in [0.3, 0.4) is 0 Å². The highest BCUT2D eigenvalue weighted by atomic mass is 16.1. The van der Waals surface area contributed by atoms with Crippen LogP contribution in [0.2, 0.25) is 0 Å². The van der Waals surface area contributed by atoms with E-state index in [4.69, 9.17) is 0 Å². The van der Waals surface area contributed by atoms with Crippen LogP contribution in [-0.2, 0) is 11.3 Å². The van der Waals surface area contributed by atoms with Crippen molar-refractivity contribution >= 4 is 17.9 Å². The summed E-state index contributed by atoms with van der Waals surface area (Å²) in [5.74, 6) is 0.968. The second kappa shape index (κ2) is 7.04. The summed E-state index contributed by atoms with van der Waals surface area (Å²) >= 11 is 0. The third-order valence-electron chi connectivity index (χ3n) is 3.92. The number of rotatable bonds is 5. The minimum Gasteiger partial charge on any atom is -0.354 e. The summed E-state index contributed by atoms with van der Waals surface area (Å²) in [7, 11) is 0. The Morgan fingerprint density at radius 3 is 2.45 bits per heavy atom. The smallest absolute Gasteiger partial charge is 0.211 e. The van der Waals surface area contributed by atoms with E-state index in [0.29, 0.717) is 6.41 Å². The van der Waals surface area contributed by atoms with Crippen molar-refractivity contribution in [2.45, 2.75) is 6.54 Å². The fraction of sp³-hybridized carbons (Fsp3) is 0.294. The molecular weight excluding hydrogens is 276 g/mol. The Bertz CT molecular complexity index is 592. The number of anilines is 2. The summed E-state index contributed by atoms with van der Waals surface area (Å²) in [6.07, 6.45) is 2.36. The highest BCUT2D eigenvalue weighted by molar-refractivity contribution is 5.71. The minimum absolute atomic E-state index is 0.666. The van der Waals surface area contributed by atoms with Gasteiger partial charge in [0.15, 0.2) is 0 Å². The predicted molar refractivity (Wildman–Crippen MR) is 87.9 cm³/mol. The molecule has 0 radical (unpaired) electrons. The SMILES string of the molecule is O=CNc1ccc(N2CCN(Cc3ccccc3)CC2)nc1. The van der Waals surface area contributed by atoms with E-state index >= 15 is 0 Å². The van der Waals surface area contributed by atoms with Crippen molar-refractivity contribution < 1.29 is 4.79 Å². The molecule has 1 N–H and O–H groups in total. The highest BCUT2D eigenvalue weighted by Crippen LogP contribution is 2.16. The Labute approximate surface area is 130 Å². The number of piperazine rings is 1. The number of carbonyl (C=O) groups excluding carboxylic acids is 1. The zero-order chi connectivity index (χ0) is 15.2. The Morgan fingerprint density at radius 1 is 1.05 bits per heavy atom. The molecule has 0 bridgehead atoms. The summed E-state index contributed by atoms with van der Waals surface area (Å²) in [6, 6.07) is 14.4. The van der Waals surface area contributed by atoms with Crippen LogP contribution < -0.4 is 10.2 Å². The molecule has 1 fully saturated rings. The number of pyridine rings is 1. The fourth-order valence-electron chi connectivity index (χ4n) is 2.70. The van der Waals surface area contributed by atoms with Crippen LogP contribution in [0.4, 0.5) is 11.5 Å². The van der Waals surface area contributed by atoms with Crippen molar-refractivity contribution in [1.82, 2.24) is 9.88 Å². The van der Waals surface area contributed by atoms with E-state index in [1.165, 1.54) is 5.56 Å². The number of nitrogens with one attached hydrogen (secondary N) is 1. The van der Waals surface area contributed by atoms with Crippen LogP contribution in [0.15, 0.2) is 48.7 Å². The predicted octanol–water partition coefficient (Wildman–Crippen LogP) is 1.97. The topological polar surface area (TPSA) is 48.5 Å². The zero-order valence-electron chi connectivity index (χ0n) is 12.5. The first-order valence-corrected chi connectivity index (χ1v) is 7.52. The van der Waals surface area contributed by atoms with Gasteiger partial charge in [0.25, 0.3) is 0 Å².